The average molecular weight is 325 g/mol. The van der Waals surface area contributed by atoms with Crippen LogP contribution in [0, 0.1) is 6.92 Å². The molecule has 1 amide bonds. The minimum absolute atomic E-state index is 0.00477. The van der Waals surface area contributed by atoms with E-state index in [9.17, 15) is 4.79 Å². The van der Waals surface area contributed by atoms with Gasteiger partial charge in [-0.3, -0.25) is 4.79 Å². The summed E-state index contributed by atoms with van der Waals surface area (Å²) in [5.74, 6) is 1.44. The van der Waals surface area contributed by atoms with Gasteiger partial charge in [-0.1, -0.05) is 36.4 Å². The minimum Gasteiger partial charge on any atom is -0.487 e. The normalized spacial score (nSPS) is 18.2. The van der Waals surface area contributed by atoms with Crippen LogP contribution < -0.4 is 14.8 Å². The number of benzene rings is 2. The van der Waals surface area contributed by atoms with E-state index in [0.29, 0.717) is 0 Å². The summed E-state index contributed by atoms with van der Waals surface area (Å²) < 4.78 is 11.6. The van der Waals surface area contributed by atoms with E-state index in [0.717, 1.165) is 29.0 Å². The van der Waals surface area contributed by atoms with Crippen LogP contribution >= 0.6 is 0 Å². The summed E-state index contributed by atoms with van der Waals surface area (Å²) in [7, 11) is 0. The van der Waals surface area contributed by atoms with E-state index in [4.69, 9.17) is 9.47 Å². The molecule has 0 aromatic heterocycles. The Morgan fingerprint density at radius 1 is 1.21 bits per heavy atom. The smallest absolute Gasteiger partial charge is 0.258 e. The number of nitrogens with one attached hydrogen (secondary N) is 1. The van der Waals surface area contributed by atoms with Gasteiger partial charge in [0.2, 0.25) is 0 Å². The highest BCUT2D eigenvalue weighted by atomic mass is 16.5. The van der Waals surface area contributed by atoms with Crippen molar-refractivity contribution in [2.75, 3.05) is 6.61 Å². The number of carbonyl (C=O) groups excluding carboxylic acids is 1. The molecule has 0 saturated heterocycles. The third-order valence-electron chi connectivity index (χ3n) is 4.16. The van der Waals surface area contributed by atoms with Crippen molar-refractivity contribution in [3.8, 4) is 11.5 Å². The average Bonchev–Trinajstić information content (AvgIpc) is 2.53. The number of rotatable bonds is 4. The number of fused-ring (bicyclic) bond motifs is 1. The first kappa shape index (κ1) is 16.4. The standard InChI is InChI=1S/C20H23NO3/c1-14-8-4-6-10-17(14)23-13-19(22)21-16-12-20(2,3)24-18-11-7-5-9-15(16)18/h4-11,16H,12-13H2,1-3H3,(H,21,22). The highest BCUT2D eigenvalue weighted by Crippen LogP contribution is 2.39. The number of aryl methyl sites for hydroxylation is 1. The Kier molecular flexibility index (Phi) is 4.47. The van der Waals surface area contributed by atoms with Crippen LogP contribution in [0.5, 0.6) is 11.5 Å². The largest absolute Gasteiger partial charge is 0.487 e. The lowest BCUT2D eigenvalue weighted by molar-refractivity contribution is -0.124. The SMILES string of the molecule is Cc1ccccc1OCC(=O)NC1CC(C)(C)Oc2ccccc21. The maximum absolute atomic E-state index is 12.3. The van der Waals surface area contributed by atoms with Gasteiger partial charge in [-0.2, -0.15) is 0 Å². The summed E-state index contributed by atoms with van der Waals surface area (Å²) in [6, 6.07) is 15.5. The first-order chi connectivity index (χ1) is 11.4. The van der Waals surface area contributed by atoms with Crippen molar-refractivity contribution in [2.45, 2.75) is 38.8 Å². The van der Waals surface area contributed by atoms with Crippen molar-refractivity contribution in [2.24, 2.45) is 0 Å². The summed E-state index contributed by atoms with van der Waals surface area (Å²) in [5.41, 5.74) is 1.72. The molecule has 1 atom stereocenters. The van der Waals surface area contributed by atoms with Gasteiger partial charge in [-0.15, -0.1) is 0 Å². The van der Waals surface area contributed by atoms with Gasteiger partial charge >= 0.3 is 0 Å². The van der Waals surface area contributed by atoms with Gasteiger partial charge in [-0.25, -0.2) is 0 Å². The molecule has 1 N–H and O–H groups in total. The zero-order valence-corrected chi connectivity index (χ0v) is 14.3. The molecule has 4 nitrogen and oxygen atoms in total. The summed E-state index contributed by atoms with van der Waals surface area (Å²) >= 11 is 0. The molecule has 0 aliphatic carbocycles. The Bertz CT molecular complexity index is 739. The Hall–Kier alpha value is -2.49. The zero-order chi connectivity index (χ0) is 17.2. The molecule has 3 rings (SSSR count). The van der Waals surface area contributed by atoms with E-state index in [1.54, 1.807) is 0 Å². The first-order valence-electron chi connectivity index (χ1n) is 8.20. The lowest BCUT2D eigenvalue weighted by Gasteiger charge is -2.37. The molecule has 1 unspecified atom stereocenters. The van der Waals surface area contributed by atoms with Crippen molar-refractivity contribution in [3.63, 3.8) is 0 Å². The fraction of sp³-hybridized carbons (Fsp3) is 0.350. The second kappa shape index (κ2) is 6.56. The van der Waals surface area contributed by atoms with Gasteiger partial charge in [0.1, 0.15) is 17.1 Å². The van der Waals surface area contributed by atoms with E-state index in [1.807, 2.05) is 69.3 Å². The molecule has 24 heavy (non-hydrogen) atoms. The Balaban J connectivity index is 1.67. The van der Waals surface area contributed by atoms with Crippen molar-refractivity contribution >= 4 is 5.91 Å². The fourth-order valence-electron chi connectivity index (χ4n) is 3.03. The van der Waals surface area contributed by atoms with Crippen molar-refractivity contribution in [1.82, 2.24) is 5.32 Å². The second-order valence-corrected chi connectivity index (χ2v) is 6.78. The topological polar surface area (TPSA) is 47.6 Å². The van der Waals surface area contributed by atoms with Gasteiger partial charge in [-0.05, 0) is 38.5 Å². The van der Waals surface area contributed by atoms with E-state index >= 15 is 0 Å². The van der Waals surface area contributed by atoms with Crippen molar-refractivity contribution < 1.29 is 14.3 Å². The lowest BCUT2D eigenvalue weighted by Crippen LogP contribution is -2.42. The fourth-order valence-corrected chi connectivity index (χ4v) is 3.03. The molecule has 0 radical (unpaired) electrons. The third-order valence-corrected chi connectivity index (χ3v) is 4.16. The van der Waals surface area contributed by atoms with Crippen LogP contribution in [0.1, 0.15) is 37.4 Å². The summed E-state index contributed by atoms with van der Waals surface area (Å²) in [5, 5.41) is 3.08. The van der Waals surface area contributed by atoms with Crippen LogP contribution in [0.25, 0.3) is 0 Å². The molecule has 1 heterocycles. The highest BCUT2D eigenvalue weighted by Gasteiger charge is 2.34. The maximum Gasteiger partial charge on any atom is 0.258 e. The van der Waals surface area contributed by atoms with Crippen molar-refractivity contribution in [1.29, 1.82) is 0 Å². The van der Waals surface area contributed by atoms with Gasteiger partial charge in [0, 0.05) is 12.0 Å². The second-order valence-electron chi connectivity index (χ2n) is 6.78. The molecule has 1 aliphatic heterocycles. The van der Waals surface area contributed by atoms with E-state index in [-0.39, 0.29) is 24.2 Å². The number of amides is 1. The number of hydrogen-bond acceptors (Lipinski definition) is 3. The summed E-state index contributed by atoms with van der Waals surface area (Å²) in [6.45, 7) is 6.03. The van der Waals surface area contributed by atoms with Crippen LogP contribution in [0.15, 0.2) is 48.5 Å². The third kappa shape index (κ3) is 3.70. The van der Waals surface area contributed by atoms with Crippen LogP contribution in [0.2, 0.25) is 0 Å². The van der Waals surface area contributed by atoms with E-state index in [1.165, 1.54) is 0 Å². The molecule has 126 valence electrons. The monoisotopic (exact) mass is 325 g/mol. The van der Waals surface area contributed by atoms with E-state index < -0.39 is 0 Å². The van der Waals surface area contributed by atoms with Crippen LogP contribution in [0.4, 0.5) is 0 Å². The number of ether oxygens (including phenoxy) is 2. The minimum atomic E-state index is -0.316. The molecule has 0 bridgehead atoms. The quantitative estimate of drug-likeness (QED) is 0.930. The van der Waals surface area contributed by atoms with Crippen LogP contribution in [-0.4, -0.2) is 18.1 Å². The first-order valence-corrected chi connectivity index (χ1v) is 8.20. The summed E-state index contributed by atoms with van der Waals surface area (Å²) in [6.07, 6.45) is 0.722. The number of hydrogen-bond donors (Lipinski definition) is 1. The molecule has 2 aromatic rings. The molecule has 1 aliphatic rings. The van der Waals surface area contributed by atoms with Gasteiger partial charge in [0.15, 0.2) is 6.61 Å². The molecule has 0 spiro atoms. The molecular weight excluding hydrogens is 302 g/mol. The maximum atomic E-state index is 12.3. The predicted octanol–water partition coefficient (Wildman–Crippen LogP) is 3.79. The van der Waals surface area contributed by atoms with Gasteiger partial charge in [0.05, 0.1) is 6.04 Å². The Morgan fingerprint density at radius 3 is 2.71 bits per heavy atom. The zero-order valence-electron chi connectivity index (χ0n) is 14.3. The molecule has 2 aromatic carbocycles. The van der Waals surface area contributed by atoms with Crippen LogP contribution in [0.3, 0.4) is 0 Å². The molecule has 4 heteroatoms. The van der Waals surface area contributed by atoms with Crippen molar-refractivity contribution in [3.05, 3.63) is 59.7 Å². The molecule has 0 fully saturated rings. The van der Waals surface area contributed by atoms with Gasteiger partial charge < -0.3 is 14.8 Å². The lowest BCUT2D eigenvalue weighted by atomic mass is 9.90. The van der Waals surface area contributed by atoms with Crippen LogP contribution in [-0.2, 0) is 4.79 Å². The number of carbonyl (C=O) groups is 1. The molecular formula is C20H23NO3. The summed E-state index contributed by atoms with van der Waals surface area (Å²) in [4.78, 5) is 12.3. The predicted molar refractivity (Wildman–Crippen MR) is 93.3 cm³/mol. The Morgan fingerprint density at radius 2 is 1.92 bits per heavy atom. The molecule has 0 saturated carbocycles. The Labute approximate surface area is 142 Å². The highest BCUT2D eigenvalue weighted by molar-refractivity contribution is 5.78. The van der Waals surface area contributed by atoms with E-state index in [2.05, 4.69) is 5.32 Å². The number of para-hydroxylation sites is 2. The van der Waals surface area contributed by atoms with Gasteiger partial charge in [0.25, 0.3) is 5.91 Å².